The fraction of sp³-hybridized carbons (Fsp3) is 0.500. The van der Waals surface area contributed by atoms with E-state index in [0.717, 1.165) is 6.08 Å². The minimum Gasteiger partial charge on any atom is -0.495 e. The molecular weight excluding hydrogens is 294 g/mol. The molecule has 1 rings (SSSR count). The van der Waals surface area contributed by atoms with E-state index in [1.807, 2.05) is 0 Å². The van der Waals surface area contributed by atoms with Crippen molar-refractivity contribution in [2.24, 2.45) is 0 Å². The number of nitrogens with zero attached hydrogens (tertiary/aromatic N) is 1. The van der Waals surface area contributed by atoms with Crippen molar-refractivity contribution in [1.29, 1.82) is 0 Å². The second kappa shape index (κ2) is 8.76. The number of carbonyl (C=O) groups is 1. The van der Waals surface area contributed by atoms with Gasteiger partial charge in [0.1, 0.15) is 17.3 Å². The third-order valence-electron chi connectivity index (χ3n) is 2.84. The second-order valence-electron chi connectivity index (χ2n) is 4.27. The van der Waals surface area contributed by atoms with Gasteiger partial charge in [-0.3, -0.25) is 14.9 Å². The van der Waals surface area contributed by atoms with Crippen LogP contribution < -0.4 is 0 Å². The van der Waals surface area contributed by atoms with Crippen molar-refractivity contribution in [2.75, 3.05) is 20.3 Å². The molecule has 1 unspecified atom stereocenters. The summed E-state index contributed by atoms with van der Waals surface area (Å²) >= 11 is 0. The highest BCUT2D eigenvalue weighted by atomic mass is 16.6. The molecule has 0 spiro atoms. The van der Waals surface area contributed by atoms with Gasteiger partial charge in [-0.2, -0.15) is 0 Å². The van der Waals surface area contributed by atoms with Gasteiger partial charge in [-0.15, -0.1) is 0 Å². The molecule has 1 aliphatic rings. The van der Waals surface area contributed by atoms with Crippen LogP contribution in [-0.2, 0) is 23.8 Å². The van der Waals surface area contributed by atoms with Gasteiger partial charge >= 0.3 is 5.97 Å². The van der Waals surface area contributed by atoms with Gasteiger partial charge in [0, 0.05) is 19.6 Å². The summed E-state index contributed by atoms with van der Waals surface area (Å²) in [5.41, 5.74) is -0.601. The molecule has 0 aliphatic heterocycles. The smallest absolute Gasteiger partial charge is 0.305 e. The first kappa shape index (κ1) is 17.6. The van der Waals surface area contributed by atoms with Gasteiger partial charge in [0.15, 0.2) is 6.10 Å². The van der Waals surface area contributed by atoms with Crippen molar-refractivity contribution in [3.8, 4) is 0 Å². The van der Waals surface area contributed by atoms with Gasteiger partial charge in [0.05, 0.1) is 18.1 Å². The van der Waals surface area contributed by atoms with Crippen molar-refractivity contribution in [3.05, 3.63) is 39.3 Å². The first-order valence-corrected chi connectivity index (χ1v) is 6.68. The van der Waals surface area contributed by atoms with E-state index in [1.54, 1.807) is 6.92 Å². The Balaban J connectivity index is 2.67. The summed E-state index contributed by atoms with van der Waals surface area (Å²) in [6.45, 7) is 2.23. The van der Waals surface area contributed by atoms with Crippen LogP contribution in [0.1, 0.15) is 19.8 Å². The minimum absolute atomic E-state index is 0.193. The van der Waals surface area contributed by atoms with Gasteiger partial charge in [0.25, 0.3) is 5.70 Å². The Morgan fingerprint density at radius 3 is 2.73 bits per heavy atom. The van der Waals surface area contributed by atoms with E-state index in [-0.39, 0.29) is 36.0 Å². The highest BCUT2D eigenvalue weighted by molar-refractivity contribution is 5.69. The fourth-order valence-corrected chi connectivity index (χ4v) is 1.88. The van der Waals surface area contributed by atoms with Crippen LogP contribution in [0.3, 0.4) is 0 Å². The average molecular weight is 311 g/mol. The zero-order valence-corrected chi connectivity index (χ0v) is 12.4. The van der Waals surface area contributed by atoms with Crippen molar-refractivity contribution in [1.82, 2.24) is 0 Å². The molecule has 0 saturated carbocycles. The fourth-order valence-electron chi connectivity index (χ4n) is 1.88. The highest BCUT2D eigenvalue weighted by Gasteiger charge is 2.34. The van der Waals surface area contributed by atoms with E-state index >= 15 is 0 Å². The van der Waals surface area contributed by atoms with Crippen LogP contribution >= 0.6 is 0 Å². The summed E-state index contributed by atoms with van der Waals surface area (Å²) in [5, 5.41) is 10.8. The van der Waals surface area contributed by atoms with Crippen LogP contribution in [0.15, 0.2) is 29.2 Å². The van der Waals surface area contributed by atoms with E-state index in [1.165, 1.54) is 19.1 Å². The van der Waals surface area contributed by atoms with Gasteiger partial charge < -0.3 is 14.2 Å². The molecule has 0 N–H and O–H groups in total. The second-order valence-corrected chi connectivity index (χ2v) is 4.27. The maximum atomic E-state index is 11.2. The SMILES string of the molecule is CCOC(=O)CCCOC1=CC=C([N+](=O)[O-])C(=C=O)C1OC. The predicted octanol–water partition coefficient (Wildman–Crippen LogP) is 1.18. The molecule has 120 valence electrons. The lowest BCUT2D eigenvalue weighted by Crippen LogP contribution is -2.26. The number of ether oxygens (including phenoxy) is 3. The topological polar surface area (TPSA) is 105 Å². The number of allylic oxidation sites excluding steroid dienone is 2. The molecule has 0 aromatic rings. The third-order valence-corrected chi connectivity index (χ3v) is 2.84. The summed E-state index contributed by atoms with van der Waals surface area (Å²) < 4.78 is 15.3. The largest absolute Gasteiger partial charge is 0.495 e. The molecule has 22 heavy (non-hydrogen) atoms. The molecule has 0 heterocycles. The number of nitro groups is 1. The standard InChI is InChI=1S/C14H17NO7/c1-3-21-13(17)5-4-8-22-12-7-6-11(15(18)19)10(9-16)14(12)20-2/h6-7,14H,3-5,8H2,1-2H3. The molecule has 0 saturated heterocycles. The molecule has 0 aromatic heterocycles. The lowest BCUT2D eigenvalue weighted by Gasteiger charge is -2.21. The summed E-state index contributed by atoms with van der Waals surface area (Å²) in [4.78, 5) is 32.3. The number of hydrogen-bond donors (Lipinski definition) is 0. The maximum absolute atomic E-state index is 11.2. The first-order valence-electron chi connectivity index (χ1n) is 6.68. The van der Waals surface area contributed by atoms with Crippen molar-refractivity contribution < 1.29 is 28.7 Å². The number of hydrogen-bond acceptors (Lipinski definition) is 7. The van der Waals surface area contributed by atoms with Crippen LogP contribution in [0.5, 0.6) is 0 Å². The number of rotatable bonds is 8. The zero-order chi connectivity index (χ0) is 16.5. The lowest BCUT2D eigenvalue weighted by molar-refractivity contribution is -0.421. The molecular formula is C14H17NO7. The molecule has 0 radical (unpaired) electrons. The van der Waals surface area contributed by atoms with Crippen LogP contribution in [0.2, 0.25) is 0 Å². The number of methoxy groups -OCH3 is 1. The first-order chi connectivity index (χ1) is 10.5. The molecule has 0 amide bonds. The van der Waals surface area contributed by atoms with E-state index in [2.05, 4.69) is 0 Å². The molecule has 1 aliphatic carbocycles. The van der Waals surface area contributed by atoms with E-state index in [4.69, 9.17) is 14.2 Å². The number of carbonyl (C=O) groups excluding carboxylic acids is 2. The normalized spacial score (nSPS) is 17.2. The summed E-state index contributed by atoms with van der Waals surface area (Å²) in [5.74, 6) is 1.46. The maximum Gasteiger partial charge on any atom is 0.305 e. The van der Waals surface area contributed by atoms with Crippen LogP contribution in [0.25, 0.3) is 0 Å². The van der Waals surface area contributed by atoms with Crippen molar-refractivity contribution in [2.45, 2.75) is 25.9 Å². The monoisotopic (exact) mass is 311 g/mol. The van der Waals surface area contributed by atoms with E-state index < -0.39 is 11.0 Å². The highest BCUT2D eigenvalue weighted by Crippen LogP contribution is 2.26. The van der Waals surface area contributed by atoms with Gasteiger partial charge in [-0.25, -0.2) is 4.79 Å². The number of esters is 1. The molecule has 8 heteroatoms. The Labute approximate surface area is 127 Å². The summed E-state index contributed by atoms with van der Waals surface area (Å²) in [6.07, 6.45) is 2.17. The molecule has 0 aromatic carbocycles. The van der Waals surface area contributed by atoms with Crippen molar-refractivity contribution >= 4 is 11.9 Å². The van der Waals surface area contributed by atoms with Crippen molar-refractivity contribution in [3.63, 3.8) is 0 Å². The van der Waals surface area contributed by atoms with Gasteiger partial charge in [-0.1, -0.05) is 0 Å². The summed E-state index contributed by atoms with van der Waals surface area (Å²) in [6, 6.07) is 0. The Kier molecular flexibility index (Phi) is 7.01. The molecule has 1 atom stereocenters. The minimum atomic E-state index is -0.981. The van der Waals surface area contributed by atoms with E-state index in [0.29, 0.717) is 13.0 Å². The van der Waals surface area contributed by atoms with Crippen LogP contribution in [-0.4, -0.2) is 43.3 Å². The summed E-state index contributed by atoms with van der Waals surface area (Å²) in [7, 11) is 1.31. The predicted molar refractivity (Wildman–Crippen MR) is 75.0 cm³/mol. The average Bonchev–Trinajstić information content (AvgIpc) is 2.50. The Morgan fingerprint density at radius 1 is 1.45 bits per heavy atom. The molecule has 0 fully saturated rings. The van der Waals surface area contributed by atoms with E-state index in [9.17, 15) is 19.7 Å². The molecule has 0 bridgehead atoms. The Bertz CT molecular complexity index is 543. The van der Waals surface area contributed by atoms with Crippen LogP contribution in [0, 0.1) is 10.1 Å². The Morgan fingerprint density at radius 2 is 2.18 bits per heavy atom. The van der Waals surface area contributed by atoms with Gasteiger partial charge in [-0.05, 0) is 19.4 Å². The van der Waals surface area contributed by atoms with Crippen LogP contribution in [0.4, 0.5) is 0 Å². The van der Waals surface area contributed by atoms with Gasteiger partial charge in [0.2, 0.25) is 0 Å². The Hall–Kier alpha value is -2.44. The zero-order valence-electron chi connectivity index (χ0n) is 12.4. The quantitative estimate of drug-likeness (QED) is 0.218. The lowest BCUT2D eigenvalue weighted by atomic mass is 10.0. The third kappa shape index (κ3) is 4.54. The molecule has 8 nitrogen and oxygen atoms in total.